The van der Waals surface area contributed by atoms with Gasteiger partial charge in [0.1, 0.15) is 11.1 Å². The minimum Gasteiger partial charge on any atom is -0.330 e. The van der Waals surface area contributed by atoms with Crippen LogP contribution in [0.1, 0.15) is 12.5 Å². The summed E-state index contributed by atoms with van der Waals surface area (Å²) in [5, 5.41) is 25.8. The van der Waals surface area contributed by atoms with E-state index < -0.39 is 0 Å². The average molecular weight is 466 g/mol. The van der Waals surface area contributed by atoms with Crippen molar-refractivity contribution in [2.75, 3.05) is 10.6 Å². The smallest absolute Gasteiger partial charge is 0.238 e. The highest BCUT2D eigenvalue weighted by Crippen LogP contribution is 2.32. The first-order valence-corrected chi connectivity index (χ1v) is 10.7. The molecule has 2 aromatic heterocycles. The molecule has 0 spiro atoms. The Bertz CT molecular complexity index is 965. The molecule has 1 aromatic carbocycles. The Morgan fingerprint density at radius 3 is 3.00 bits per heavy atom. The number of amides is 1. The van der Waals surface area contributed by atoms with Gasteiger partial charge in [0.15, 0.2) is 4.34 Å². The number of nitriles is 1. The molecule has 0 fully saturated rings. The van der Waals surface area contributed by atoms with E-state index in [4.69, 9.17) is 5.26 Å². The second kappa shape index (κ2) is 8.64. The van der Waals surface area contributed by atoms with E-state index in [1.807, 2.05) is 24.3 Å². The maximum absolute atomic E-state index is 12.3. The molecule has 0 aliphatic carbocycles. The van der Waals surface area contributed by atoms with Gasteiger partial charge in [-0.05, 0) is 36.6 Å². The fourth-order valence-electron chi connectivity index (χ4n) is 1.91. The number of aromatic nitrogens is 2. The Morgan fingerprint density at radius 1 is 1.38 bits per heavy atom. The van der Waals surface area contributed by atoms with Crippen LogP contribution in [0, 0.1) is 11.3 Å². The predicted molar refractivity (Wildman–Crippen MR) is 110 cm³/mol. The van der Waals surface area contributed by atoms with Gasteiger partial charge < -0.3 is 10.6 Å². The Balaban J connectivity index is 1.59. The van der Waals surface area contributed by atoms with Crippen molar-refractivity contribution in [2.45, 2.75) is 16.5 Å². The second-order valence-corrected chi connectivity index (χ2v) is 9.43. The number of nitrogens with one attached hydrogen (secondary N) is 2. The molecule has 0 radical (unpaired) electrons. The number of benzene rings is 1. The molecule has 26 heavy (non-hydrogen) atoms. The molecule has 3 aromatic rings. The number of thioether (sulfide) groups is 1. The highest BCUT2D eigenvalue weighted by molar-refractivity contribution is 9.10. The Labute approximate surface area is 170 Å². The highest BCUT2D eigenvalue weighted by Gasteiger charge is 2.19. The normalized spacial score (nSPS) is 11.6. The molecule has 3 rings (SSSR count). The molecule has 132 valence electrons. The highest BCUT2D eigenvalue weighted by atomic mass is 79.9. The van der Waals surface area contributed by atoms with Crippen LogP contribution in [0.5, 0.6) is 0 Å². The molecule has 0 saturated heterocycles. The molecule has 2 N–H and O–H groups in total. The second-order valence-electron chi connectivity index (χ2n) is 5.03. The standard InChI is InChI=1S/C16H12BrN5OS3/c1-9(13(23)20-14-10(8-18)5-6-24-14)25-16-22-21-15(26-16)19-12-4-2-3-11(17)7-12/h2-7,9H,1H3,(H,19,21)(H,20,23). The number of hydrogen-bond acceptors (Lipinski definition) is 8. The van der Waals surface area contributed by atoms with E-state index >= 15 is 0 Å². The average Bonchev–Trinajstić information content (AvgIpc) is 3.24. The minimum atomic E-state index is -0.365. The topological polar surface area (TPSA) is 90.7 Å². The maximum Gasteiger partial charge on any atom is 0.238 e. The van der Waals surface area contributed by atoms with Crippen LogP contribution in [0.25, 0.3) is 0 Å². The quantitative estimate of drug-likeness (QED) is 0.492. The number of rotatable bonds is 6. The van der Waals surface area contributed by atoms with Gasteiger partial charge in [-0.25, -0.2) is 0 Å². The monoisotopic (exact) mass is 465 g/mol. The van der Waals surface area contributed by atoms with Gasteiger partial charge >= 0.3 is 0 Å². The summed E-state index contributed by atoms with van der Waals surface area (Å²) in [4.78, 5) is 12.3. The first-order chi connectivity index (χ1) is 12.5. The van der Waals surface area contributed by atoms with Crippen molar-refractivity contribution in [3.05, 3.63) is 45.7 Å². The van der Waals surface area contributed by atoms with Crippen LogP contribution < -0.4 is 10.6 Å². The first kappa shape index (κ1) is 18.8. The summed E-state index contributed by atoms with van der Waals surface area (Å²) < 4.78 is 1.66. The summed E-state index contributed by atoms with van der Waals surface area (Å²) in [6.45, 7) is 1.79. The first-order valence-electron chi connectivity index (χ1n) is 7.36. The van der Waals surface area contributed by atoms with Gasteiger partial charge in [-0.1, -0.05) is 45.1 Å². The van der Waals surface area contributed by atoms with Gasteiger partial charge in [0, 0.05) is 10.2 Å². The van der Waals surface area contributed by atoms with Crippen LogP contribution in [0.2, 0.25) is 0 Å². The number of carbonyl (C=O) groups excluding carboxylic acids is 1. The van der Waals surface area contributed by atoms with Crippen molar-refractivity contribution in [3.63, 3.8) is 0 Å². The van der Waals surface area contributed by atoms with Gasteiger partial charge in [0.2, 0.25) is 11.0 Å². The lowest BCUT2D eigenvalue weighted by Gasteiger charge is -2.08. The molecule has 0 aliphatic rings. The summed E-state index contributed by atoms with van der Waals surface area (Å²) in [6.07, 6.45) is 0. The van der Waals surface area contributed by atoms with Gasteiger partial charge in [-0.2, -0.15) is 5.26 Å². The summed E-state index contributed by atoms with van der Waals surface area (Å²) in [6, 6.07) is 11.5. The van der Waals surface area contributed by atoms with Crippen LogP contribution in [0.3, 0.4) is 0 Å². The lowest BCUT2D eigenvalue weighted by atomic mass is 10.3. The molecule has 1 amide bonds. The van der Waals surface area contributed by atoms with Crippen LogP contribution in [-0.4, -0.2) is 21.4 Å². The predicted octanol–water partition coefficient (Wildman–Crippen LogP) is 5.10. The molecule has 1 atom stereocenters. The van der Waals surface area contributed by atoms with Gasteiger partial charge in [0.25, 0.3) is 0 Å². The molecular weight excluding hydrogens is 454 g/mol. The molecule has 10 heteroatoms. The van der Waals surface area contributed by atoms with E-state index in [9.17, 15) is 4.79 Å². The lowest BCUT2D eigenvalue weighted by molar-refractivity contribution is -0.115. The van der Waals surface area contributed by atoms with E-state index in [1.54, 1.807) is 18.4 Å². The Morgan fingerprint density at radius 2 is 2.23 bits per heavy atom. The number of thiophene rings is 1. The summed E-state index contributed by atoms with van der Waals surface area (Å²) >= 11 is 7.46. The molecule has 0 bridgehead atoms. The van der Waals surface area contributed by atoms with Crippen LogP contribution in [-0.2, 0) is 4.79 Å². The van der Waals surface area contributed by atoms with Crippen molar-refractivity contribution < 1.29 is 4.79 Å². The maximum atomic E-state index is 12.3. The molecule has 0 saturated carbocycles. The van der Waals surface area contributed by atoms with Gasteiger partial charge in [0.05, 0.1) is 10.8 Å². The third kappa shape index (κ3) is 4.82. The molecule has 2 heterocycles. The minimum absolute atomic E-state index is 0.175. The van der Waals surface area contributed by atoms with Gasteiger partial charge in [-0.3, -0.25) is 4.79 Å². The van der Waals surface area contributed by atoms with Gasteiger partial charge in [-0.15, -0.1) is 21.5 Å². The van der Waals surface area contributed by atoms with E-state index in [-0.39, 0.29) is 11.2 Å². The third-order valence-corrected chi connectivity index (χ3v) is 6.50. The van der Waals surface area contributed by atoms with Crippen molar-refractivity contribution in [1.29, 1.82) is 5.26 Å². The number of hydrogen-bond donors (Lipinski definition) is 2. The number of nitrogens with zero attached hydrogens (tertiary/aromatic N) is 3. The number of carbonyl (C=O) groups is 1. The lowest BCUT2D eigenvalue weighted by Crippen LogP contribution is -2.22. The molecule has 1 unspecified atom stereocenters. The zero-order chi connectivity index (χ0) is 18.5. The fourth-order valence-corrected chi connectivity index (χ4v) is 4.97. The SMILES string of the molecule is CC(Sc1nnc(Nc2cccc(Br)c2)s1)C(=O)Nc1sccc1C#N. The van der Waals surface area contributed by atoms with E-state index in [0.717, 1.165) is 10.2 Å². The van der Waals surface area contributed by atoms with Crippen molar-refractivity contribution in [3.8, 4) is 6.07 Å². The molecule has 6 nitrogen and oxygen atoms in total. The fraction of sp³-hybridized carbons (Fsp3) is 0.125. The third-order valence-electron chi connectivity index (χ3n) is 3.15. The molecule has 0 aliphatic heterocycles. The Kier molecular flexibility index (Phi) is 6.26. The summed E-state index contributed by atoms with van der Waals surface area (Å²) in [5.74, 6) is -0.175. The number of halogens is 1. The van der Waals surface area contributed by atoms with Crippen molar-refractivity contribution >= 4 is 72.1 Å². The van der Waals surface area contributed by atoms with Crippen molar-refractivity contribution in [1.82, 2.24) is 10.2 Å². The largest absolute Gasteiger partial charge is 0.330 e. The summed E-state index contributed by atoms with van der Waals surface area (Å²) in [5.41, 5.74) is 1.37. The molecular formula is C16H12BrN5OS3. The van der Waals surface area contributed by atoms with Crippen molar-refractivity contribution in [2.24, 2.45) is 0 Å². The van der Waals surface area contributed by atoms with E-state index in [1.165, 1.54) is 34.4 Å². The van der Waals surface area contributed by atoms with Crippen LogP contribution in [0.15, 0.2) is 44.5 Å². The van der Waals surface area contributed by atoms with E-state index in [0.29, 0.717) is 20.0 Å². The van der Waals surface area contributed by atoms with Crippen LogP contribution in [0.4, 0.5) is 15.8 Å². The van der Waals surface area contributed by atoms with Crippen LogP contribution >= 0.6 is 50.4 Å². The zero-order valence-electron chi connectivity index (χ0n) is 13.4. The summed E-state index contributed by atoms with van der Waals surface area (Å²) in [7, 11) is 0. The van der Waals surface area contributed by atoms with E-state index in [2.05, 4.69) is 42.8 Å². The Hall–Kier alpha value is -1.93. The zero-order valence-corrected chi connectivity index (χ0v) is 17.4. The number of anilines is 3.